The summed E-state index contributed by atoms with van der Waals surface area (Å²) in [6, 6.07) is 11.3. The molecular weight excluding hydrogens is 447 g/mol. The fourth-order valence-electron chi connectivity index (χ4n) is 2.90. The molecule has 0 bridgehead atoms. The summed E-state index contributed by atoms with van der Waals surface area (Å²) in [5, 5.41) is 2.67. The van der Waals surface area contributed by atoms with E-state index in [1.54, 1.807) is 18.3 Å². The minimum atomic E-state index is -4.76. The van der Waals surface area contributed by atoms with Gasteiger partial charge in [0.15, 0.2) is 16.4 Å². The molecule has 0 aliphatic carbocycles. The number of alkyl halides is 3. The zero-order valence-electron chi connectivity index (χ0n) is 16.1. The van der Waals surface area contributed by atoms with Crippen molar-refractivity contribution in [2.24, 2.45) is 0 Å². The van der Waals surface area contributed by atoms with Crippen LogP contribution in [0.2, 0.25) is 0 Å². The molecule has 0 aliphatic rings. The maximum atomic E-state index is 12.8. The number of nitrogens with zero attached hydrogens (tertiary/aromatic N) is 2. The Morgan fingerprint density at radius 3 is 2.50 bits per heavy atom. The third kappa shape index (κ3) is 4.33. The van der Waals surface area contributed by atoms with Crippen molar-refractivity contribution in [3.05, 3.63) is 84.0 Å². The summed E-state index contributed by atoms with van der Waals surface area (Å²) in [7, 11) is -4.25. The lowest BCUT2D eigenvalue weighted by molar-refractivity contribution is -0.141. The molecule has 164 valence electrons. The second kappa shape index (κ2) is 8.08. The average Bonchev–Trinajstić information content (AvgIpc) is 3.22. The Morgan fingerprint density at radius 1 is 1.06 bits per heavy atom. The first-order chi connectivity index (χ1) is 15.1. The van der Waals surface area contributed by atoms with E-state index in [4.69, 9.17) is 4.42 Å². The van der Waals surface area contributed by atoms with Gasteiger partial charge in [-0.25, -0.2) is 13.4 Å². The van der Waals surface area contributed by atoms with Crippen LogP contribution in [-0.2, 0) is 22.6 Å². The highest BCUT2D eigenvalue weighted by atomic mass is 32.2. The van der Waals surface area contributed by atoms with Crippen molar-refractivity contribution in [3.8, 4) is 0 Å². The summed E-state index contributed by atoms with van der Waals surface area (Å²) in [6.45, 7) is 0.0796. The van der Waals surface area contributed by atoms with Crippen molar-refractivity contribution in [2.75, 3.05) is 0 Å². The SMILES string of the molecule is O=C(NCc1ccc(S(=O)(=O)c2cccc(C(F)(F)F)n2)cc1)c1cc2ccncc2o1. The van der Waals surface area contributed by atoms with Gasteiger partial charge in [0.05, 0.1) is 11.1 Å². The van der Waals surface area contributed by atoms with Crippen LogP contribution in [0.1, 0.15) is 21.8 Å². The Hall–Kier alpha value is -3.73. The van der Waals surface area contributed by atoms with E-state index >= 15 is 0 Å². The van der Waals surface area contributed by atoms with Crippen LogP contribution >= 0.6 is 0 Å². The monoisotopic (exact) mass is 461 g/mol. The number of fused-ring (bicyclic) bond motifs is 1. The molecule has 7 nitrogen and oxygen atoms in total. The molecule has 0 saturated carbocycles. The lowest BCUT2D eigenvalue weighted by atomic mass is 10.2. The molecular formula is C21H14F3N3O4S. The third-order valence-corrected chi connectivity index (χ3v) is 6.19. The van der Waals surface area contributed by atoms with Gasteiger partial charge in [-0.05, 0) is 42.0 Å². The number of benzene rings is 1. The summed E-state index contributed by atoms with van der Waals surface area (Å²) < 4.78 is 69.2. The van der Waals surface area contributed by atoms with Crippen molar-refractivity contribution in [1.82, 2.24) is 15.3 Å². The molecule has 0 unspecified atom stereocenters. The molecule has 1 amide bonds. The molecule has 11 heteroatoms. The van der Waals surface area contributed by atoms with Crippen LogP contribution in [0.3, 0.4) is 0 Å². The van der Waals surface area contributed by atoms with Gasteiger partial charge in [0.2, 0.25) is 9.84 Å². The molecule has 0 radical (unpaired) electrons. The molecule has 0 saturated heterocycles. The molecule has 0 atom stereocenters. The molecule has 4 aromatic rings. The number of sulfone groups is 1. The predicted molar refractivity (Wildman–Crippen MR) is 106 cm³/mol. The number of carbonyl (C=O) groups excluding carboxylic acids is 1. The predicted octanol–water partition coefficient (Wildman–Crippen LogP) is 4.00. The summed E-state index contributed by atoms with van der Waals surface area (Å²) in [4.78, 5) is 19.2. The molecule has 1 N–H and O–H groups in total. The van der Waals surface area contributed by atoms with E-state index in [1.165, 1.54) is 30.5 Å². The number of aromatic nitrogens is 2. The van der Waals surface area contributed by atoms with Gasteiger partial charge < -0.3 is 9.73 Å². The standard InChI is InChI=1S/C21H14F3N3O4S/c22-21(23,24)18-2-1-3-19(27-18)32(29,30)15-6-4-13(5-7-15)11-26-20(28)16-10-14-8-9-25-12-17(14)31-16/h1-10,12H,11H2,(H,26,28). The lowest BCUT2D eigenvalue weighted by Crippen LogP contribution is -2.22. The highest BCUT2D eigenvalue weighted by Gasteiger charge is 2.34. The maximum absolute atomic E-state index is 12.8. The molecule has 4 rings (SSSR count). The van der Waals surface area contributed by atoms with E-state index in [0.717, 1.165) is 17.5 Å². The summed E-state index contributed by atoms with van der Waals surface area (Å²) in [5.74, 6) is -0.367. The van der Waals surface area contributed by atoms with Crippen LogP contribution < -0.4 is 5.32 Å². The number of furan rings is 1. The number of carbonyl (C=O) groups is 1. The quantitative estimate of drug-likeness (QED) is 0.482. The van der Waals surface area contributed by atoms with Crippen molar-refractivity contribution in [2.45, 2.75) is 22.6 Å². The molecule has 0 spiro atoms. The van der Waals surface area contributed by atoms with Crippen LogP contribution in [0.25, 0.3) is 11.0 Å². The van der Waals surface area contributed by atoms with Crippen molar-refractivity contribution in [3.63, 3.8) is 0 Å². The minimum absolute atomic E-state index is 0.0796. The highest BCUT2D eigenvalue weighted by molar-refractivity contribution is 7.91. The van der Waals surface area contributed by atoms with E-state index in [9.17, 15) is 26.4 Å². The van der Waals surface area contributed by atoms with Crippen LogP contribution in [0, 0.1) is 0 Å². The number of hydrogen-bond donors (Lipinski definition) is 1. The third-order valence-electron chi connectivity index (χ3n) is 4.52. The van der Waals surface area contributed by atoms with Gasteiger partial charge in [-0.3, -0.25) is 9.78 Å². The zero-order valence-corrected chi connectivity index (χ0v) is 16.9. The maximum Gasteiger partial charge on any atom is 0.433 e. The fraction of sp³-hybridized carbons (Fsp3) is 0.0952. The van der Waals surface area contributed by atoms with Gasteiger partial charge in [0.1, 0.15) is 5.69 Å². The van der Waals surface area contributed by atoms with Gasteiger partial charge in [-0.15, -0.1) is 0 Å². The first kappa shape index (κ1) is 21.5. The highest BCUT2D eigenvalue weighted by Crippen LogP contribution is 2.29. The number of pyridine rings is 2. The van der Waals surface area contributed by atoms with Crippen LogP contribution in [0.15, 0.2) is 81.3 Å². The number of amides is 1. The topological polar surface area (TPSA) is 102 Å². The van der Waals surface area contributed by atoms with E-state index < -0.39 is 32.6 Å². The Morgan fingerprint density at radius 2 is 1.81 bits per heavy atom. The summed E-state index contributed by atoms with van der Waals surface area (Å²) in [5.41, 5.74) is -0.248. The van der Waals surface area contributed by atoms with Crippen LogP contribution in [0.5, 0.6) is 0 Å². The fourth-order valence-corrected chi connectivity index (χ4v) is 4.11. The number of halogens is 3. The van der Waals surface area contributed by atoms with Gasteiger partial charge in [-0.1, -0.05) is 18.2 Å². The van der Waals surface area contributed by atoms with E-state index in [0.29, 0.717) is 17.2 Å². The number of nitrogens with one attached hydrogen (secondary N) is 1. The molecule has 3 aromatic heterocycles. The lowest BCUT2D eigenvalue weighted by Gasteiger charge is -2.09. The average molecular weight is 461 g/mol. The summed E-state index contributed by atoms with van der Waals surface area (Å²) >= 11 is 0. The first-order valence-corrected chi connectivity index (χ1v) is 10.6. The Balaban J connectivity index is 1.47. The normalized spacial score (nSPS) is 12.1. The van der Waals surface area contributed by atoms with Gasteiger partial charge in [0, 0.05) is 18.1 Å². The molecule has 0 fully saturated rings. The second-order valence-corrected chi connectivity index (χ2v) is 8.61. The van der Waals surface area contributed by atoms with Gasteiger partial charge in [0.25, 0.3) is 5.91 Å². The van der Waals surface area contributed by atoms with Crippen LogP contribution in [0.4, 0.5) is 13.2 Å². The van der Waals surface area contributed by atoms with Gasteiger partial charge in [-0.2, -0.15) is 13.2 Å². The number of rotatable bonds is 5. The molecule has 1 aromatic carbocycles. The summed E-state index contributed by atoms with van der Waals surface area (Å²) in [6.07, 6.45) is -1.70. The molecule has 32 heavy (non-hydrogen) atoms. The number of hydrogen-bond acceptors (Lipinski definition) is 6. The molecule has 3 heterocycles. The largest absolute Gasteiger partial charge is 0.449 e. The Labute approximate surface area is 179 Å². The van der Waals surface area contributed by atoms with Crippen molar-refractivity contribution in [1.29, 1.82) is 0 Å². The van der Waals surface area contributed by atoms with E-state index in [2.05, 4.69) is 15.3 Å². The van der Waals surface area contributed by atoms with Crippen molar-refractivity contribution < 1.29 is 30.8 Å². The van der Waals surface area contributed by atoms with Gasteiger partial charge >= 0.3 is 6.18 Å². The zero-order chi connectivity index (χ0) is 22.9. The van der Waals surface area contributed by atoms with E-state index in [1.807, 2.05) is 0 Å². The minimum Gasteiger partial charge on any atom is -0.449 e. The Kier molecular flexibility index (Phi) is 5.43. The van der Waals surface area contributed by atoms with Crippen LogP contribution in [-0.4, -0.2) is 24.3 Å². The second-order valence-electron chi connectivity index (χ2n) is 6.71. The van der Waals surface area contributed by atoms with Crippen molar-refractivity contribution >= 4 is 26.7 Å². The Bertz CT molecular complexity index is 1360. The smallest absolute Gasteiger partial charge is 0.433 e. The first-order valence-electron chi connectivity index (χ1n) is 9.15. The van der Waals surface area contributed by atoms with E-state index in [-0.39, 0.29) is 17.2 Å². The molecule has 0 aliphatic heterocycles.